The van der Waals surface area contributed by atoms with Gasteiger partial charge in [-0.1, -0.05) is 18.6 Å². The van der Waals surface area contributed by atoms with Gasteiger partial charge >= 0.3 is 0 Å². The minimum atomic E-state index is 0.636. The molecule has 0 aromatic rings. The maximum absolute atomic E-state index is 5.59. The van der Waals surface area contributed by atoms with Crippen LogP contribution in [0.5, 0.6) is 0 Å². The maximum Gasteiger partial charge on any atom is 0.0404 e. The zero-order valence-corrected chi connectivity index (χ0v) is 9.43. The van der Waals surface area contributed by atoms with Gasteiger partial charge in [0.25, 0.3) is 0 Å². The first-order chi connectivity index (χ1) is 6.25. The lowest BCUT2D eigenvalue weighted by Gasteiger charge is -2.38. The van der Waals surface area contributed by atoms with Gasteiger partial charge in [-0.3, -0.25) is 4.90 Å². The number of halogens is 1. The van der Waals surface area contributed by atoms with Gasteiger partial charge in [0, 0.05) is 24.5 Å². The third kappa shape index (κ3) is 3.32. The molecule has 1 aliphatic heterocycles. The first-order valence-corrected chi connectivity index (χ1v) is 5.76. The summed E-state index contributed by atoms with van der Waals surface area (Å²) < 4.78 is 0. The van der Waals surface area contributed by atoms with Gasteiger partial charge in [0.05, 0.1) is 0 Å². The Bertz CT molecular complexity index is 157. The molecule has 0 N–H and O–H groups in total. The highest BCUT2D eigenvalue weighted by Gasteiger charge is 2.22. The van der Waals surface area contributed by atoms with Crippen molar-refractivity contribution in [3.05, 3.63) is 12.2 Å². The summed E-state index contributed by atoms with van der Waals surface area (Å²) in [7, 11) is 0. The molecule has 0 aliphatic carbocycles. The Morgan fingerprint density at radius 2 is 1.85 bits per heavy atom. The van der Waals surface area contributed by atoms with Crippen molar-refractivity contribution < 1.29 is 0 Å². The number of alkyl halides is 1. The van der Waals surface area contributed by atoms with Gasteiger partial charge in [0.2, 0.25) is 0 Å². The van der Waals surface area contributed by atoms with Gasteiger partial charge in [0.15, 0.2) is 0 Å². The maximum atomic E-state index is 5.59. The third-order valence-electron chi connectivity index (χ3n) is 2.95. The second-order valence-electron chi connectivity index (χ2n) is 3.95. The van der Waals surface area contributed by atoms with E-state index in [4.69, 9.17) is 11.6 Å². The Labute approximate surface area is 86.8 Å². The lowest BCUT2D eigenvalue weighted by Crippen LogP contribution is -2.43. The number of nitrogens with zero attached hydrogens (tertiary/aromatic N) is 1. The van der Waals surface area contributed by atoms with Gasteiger partial charge < -0.3 is 0 Å². The number of likely N-dealkylation sites (tertiary alicyclic amines) is 1. The van der Waals surface area contributed by atoms with Crippen molar-refractivity contribution in [3.8, 4) is 0 Å². The monoisotopic (exact) mass is 201 g/mol. The van der Waals surface area contributed by atoms with Crippen LogP contribution in [0.4, 0.5) is 0 Å². The predicted octanol–water partition coefficient (Wildman–Crippen LogP) is 3.04. The molecule has 76 valence electrons. The zero-order chi connectivity index (χ0) is 9.68. The highest BCUT2D eigenvalue weighted by molar-refractivity contribution is 6.18. The second-order valence-corrected chi connectivity index (χ2v) is 4.26. The molecular weight excluding hydrogens is 182 g/mol. The zero-order valence-electron chi connectivity index (χ0n) is 8.67. The summed E-state index contributed by atoms with van der Waals surface area (Å²) >= 11 is 5.59. The summed E-state index contributed by atoms with van der Waals surface area (Å²) in [5.74, 6) is 0.636. The molecule has 0 saturated carbocycles. The molecule has 0 bridgehead atoms. The highest BCUT2D eigenvalue weighted by Crippen LogP contribution is 2.21. The van der Waals surface area contributed by atoms with E-state index in [0.29, 0.717) is 5.88 Å². The number of rotatable bonds is 3. The molecular formula is C11H20ClN. The van der Waals surface area contributed by atoms with Gasteiger partial charge in [-0.25, -0.2) is 0 Å². The number of hydrogen-bond acceptors (Lipinski definition) is 1. The lowest BCUT2D eigenvalue weighted by atomic mass is 9.98. The van der Waals surface area contributed by atoms with Crippen LogP contribution in [0, 0.1) is 0 Å². The van der Waals surface area contributed by atoms with E-state index < -0.39 is 0 Å². The fourth-order valence-corrected chi connectivity index (χ4v) is 2.22. The Balaban J connectivity index is 2.39. The molecule has 0 aromatic carbocycles. The predicted molar refractivity (Wildman–Crippen MR) is 59.3 cm³/mol. The van der Waals surface area contributed by atoms with Crippen LogP contribution < -0.4 is 0 Å². The molecule has 1 rings (SSSR count). The smallest absolute Gasteiger partial charge is 0.0404 e. The van der Waals surface area contributed by atoms with E-state index in [-0.39, 0.29) is 0 Å². The Morgan fingerprint density at radius 1 is 1.23 bits per heavy atom. The molecule has 0 radical (unpaired) electrons. The number of allylic oxidation sites excluding steroid dienone is 1. The van der Waals surface area contributed by atoms with Crippen LogP contribution in [0.1, 0.15) is 33.1 Å². The van der Waals surface area contributed by atoms with Gasteiger partial charge in [0.1, 0.15) is 0 Å². The lowest BCUT2D eigenvalue weighted by molar-refractivity contribution is 0.119. The molecule has 0 aromatic heterocycles. The Hall–Kier alpha value is -0.0100. The largest absolute Gasteiger partial charge is 0.294 e. The fraction of sp³-hybridized carbons (Fsp3) is 0.818. The van der Waals surface area contributed by atoms with Gasteiger partial charge in [-0.05, 0) is 26.7 Å². The summed E-state index contributed by atoms with van der Waals surface area (Å²) in [4.78, 5) is 2.56. The summed E-state index contributed by atoms with van der Waals surface area (Å²) in [6, 6.07) is 1.48. The number of piperidine rings is 1. The summed E-state index contributed by atoms with van der Waals surface area (Å²) in [5.41, 5.74) is 0. The van der Waals surface area contributed by atoms with E-state index in [9.17, 15) is 0 Å². The van der Waals surface area contributed by atoms with Crippen molar-refractivity contribution in [1.82, 2.24) is 4.90 Å². The quantitative estimate of drug-likeness (QED) is 0.501. The summed E-state index contributed by atoms with van der Waals surface area (Å²) in [6.45, 7) is 5.71. The van der Waals surface area contributed by atoms with E-state index in [1.807, 2.05) is 6.08 Å². The van der Waals surface area contributed by atoms with Crippen molar-refractivity contribution in [2.24, 2.45) is 0 Å². The molecule has 0 amide bonds. The van der Waals surface area contributed by atoms with Crippen LogP contribution in [-0.4, -0.2) is 29.4 Å². The van der Waals surface area contributed by atoms with Crippen LogP contribution in [-0.2, 0) is 0 Å². The molecule has 1 saturated heterocycles. The Kier molecular flexibility index (Phi) is 4.82. The minimum Gasteiger partial charge on any atom is -0.294 e. The SMILES string of the molecule is CC1CCCC(C)N1C/C=C/CCl. The Morgan fingerprint density at radius 3 is 2.38 bits per heavy atom. The molecule has 2 atom stereocenters. The topological polar surface area (TPSA) is 3.24 Å². The normalized spacial score (nSPS) is 31.3. The van der Waals surface area contributed by atoms with Crippen LogP contribution >= 0.6 is 11.6 Å². The van der Waals surface area contributed by atoms with Crippen molar-refractivity contribution in [2.45, 2.75) is 45.2 Å². The highest BCUT2D eigenvalue weighted by atomic mass is 35.5. The number of hydrogen-bond donors (Lipinski definition) is 0. The molecule has 1 nitrogen and oxygen atoms in total. The van der Waals surface area contributed by atoms with Gasteiger partial charge in [-0.2, -0.15) is 0 Å². The summed E-state index contributed by atoms with van der Waals surface area (Å²) in [5, 5.41) is 0. The first-order valence-electron chi connectivity index (χ1n) is 5.22. The average molecular weight is 202 g/mol. The van der Waals surface area contributed by atoms with Crippen LogP contribution in [0.3, 0.4) is 0 Å². The van der Waals surface area contributed by atoms with Crippen LogP contribution in [0.15, 0.2) is 12.2 Å². The van der Waals surface area contributed by atoms with Crippen LogP contribution in [0.2, 0.25) is 0 Å². The van der Waals surface area contributed by atoms with Crippen molar-refractivity contribution in [2.75, 3.05) is 12.4 Å². The molecule has 1 heterocycles. The molecule has 1 fully saturated rings. The van der Waals surface area contributed by atoms with E-state index >= 15 is 0 Å². The first kappa shape index (κ1) is 11.1. The van der Waals surface area contributed by atoms with Crippen molar-refractivity contribution >= 4 is 11.6 Å². The minimum absolute atomic E-state index is 0.636. The van der Waals surface area contributed by atoms with E-state index in [1.54, 1.807) is 0 Å². The molecule has 0 spiro atoms. The molecule has 13 heavy (non-hydrogen) atoms. The van der Waals surface area contributed by atoms with Crippen LogP contribution in [0.25, 0.3) is 0 Å². The third-order valence-corrected chi connectivity index (χ3v) is 3.13. The van der Waals surface area contributed by atoms with E-state index in [1.165, 1.54) is 19.3 Å². The standard InChI is InChI=1S/C11H20ClN/c1-10-6-5-7-11(2)13(10)9-4-3-8-12/h3-4,10-11H,5-9H2,1-2H3/b4-3+. The molecule has 1 aliphatic rings. The molecule has 2 heteroatoms. The average Bonchev–Trinajstić information content (AvgIpc) is 2.10. The van der Waals surface area contributed by atoms with E-state index in [2.05, 4.69) is 24.8 Å². The van der Waals surface area contributed by atoms with Crippen molar-refractivity contribution in [1.29, 1.82) is 0 Å². The fourth-order valence-electron chi connectivity index (χ4n) is 2.09. The summed E-state index contributed by atoms with van der Waals surface area (Å²) in [6.07, 6.45) is 8.30. The second kappa shape index (κ2) is 5.66. The molecule has 2 unspecified atom stereocenters. The van der Waals surface area contributed by atoms with Crippen molar-refractivity contribution in [3.63, 3.8) is 0 Å². The van der Waals surface area contributed by atoms with E-state index in [0.717, 1.165) is 18.6 Å². The van der Waals surface area contributed by atoms with Gasteiger partial charge in [-0.15, -0.1) is 11.6 Å².